The molecule has 5 nitrogen and oxygen atoms in total. The van der Waals surface area contributed by atoms with Gasteiger partial charge in [0.05, 0.1) is 13.2 Å². The van der Waals surface area contributed by atoms with Gasteiger partial charge in [-0.3, -0.25) is 0 Å². The van der Waals surface area contributed by atoms with E-state index in [-0.39, 0.29) is 24.0 Å². The predicted molar refractivity (Wildman–Crippen MR) is 121 cm³/mol. The Morgan fingerprint density at radius 2 is 1.88 bits per heavy atom. The topological polar surface area (TPSA) is 48.9 Å². The summed E-state index contributed by atoms with van der Waals surface area (Å²) in [5, 5.41) is 6.81. The average molecular weight is 472 g/mol. The maximum atomic E-state index is 5.77. The fourth-order valence-electron chi connectivity index (χ4n) is 2.68. The van der Waals surface area contributed by atoms with Crippen molar-refractivity contribution < 1.29 is 4.74 Å². The quantitative estimate of drug-likeness (QED) is 0.190. The summed E-state index contributed by atoms with van der Waals surface area (Å²) in [6.07, 6.45) is 7.62. The number of rotatable bonds is 9. The van der Waals surface area contributed by atoms with E-state index in [0.717, 1.165) is 50.7 Å². The van der Waals surface area contributed by atoms with Gasteiger partial charge >= 0.3 is 0 Å². The molecule has 0 bridgehead atoms. The molecule has 0 fully saturated rings. The molecule has 0 atom stereocenters. The van der Waals surface area contributed by atoms with Crippen LogP contribution in [-0.4, -0.2) is 50.7 Å². The van der Waals surface area contributed by atoms with E-state index in [1.165, 1.54) is 5.56 Å². The molecule has 146 valence electrons. The summed E-state index contributed by atoms with van der Waals surface area (Å²) < 4.78 is 5.77. The third kappa shape index (κ3) is 8.89. The highest BCUT2D eigenvalue weighted by atomic mass is 127. The van der Waals surface area contributed by atoms with Crippen LogP contribution in [0.5, 0.6) is 5.75 Å². The molecule has 0 aliphatic heterocycles. The van der Waals surface area contributed by atoms with Gasteiger partial charge < -0.3 is 20.3 Å². The zero-order valence-corrected chi connectivity index (χ0v) is 18.5. The number of nitrogens with one attached hydrogen (secondary N) is 2. The van der Waals surface area contributed by atoms with Crippen LogP contribution < -0.4 is 15.4 Å². The van der Waals surface area contributed by atoms with E-state index in [9.17, 15) is 0 Å². The Morgan fingerprint density at radius 1 is 1.19 bits per heavy atom. The van der Waals surface area contributed by atoms with Crippen molar-refractivity contribution in [2.24, 2.45) is 4.99 Å². The minimum Gasteiger partial charge on any atom is -0.494 e. The first-order valence-electron chi connectivity index (χ1n) is 9.23. The number of halogens is 1. The van der Waals surface area contributed by atoms with Crippen LogP contribution in [0.1, 0.15) is 31.7 Å². The average Bonchev–Trinajstić information content (AvgIpc) is 3.11. The molecule has 2 N–H and O–H groups in total. The Hall–Kier alpha value is -1.28. The van der Waals surface area contributed by atoms with Crippen LogP contribution in [0.2, 0.25) is 0 Å². The van der Waals surface area contributed by atoms with Gasteiger partial charge in [-0.1, -0.05) is 24.3 Å². The minimum atomic E-state index is 0. The fraction of sp³-hybridized carbons (Fsp3) is 0.550. The lowest BCUT2D eigenvalue weighted by atomic mass is 10.2. The number of nitrogens with zero attached hydrogens (tertiary/aromatic N) is 2. The SMILES string of the molecule is CCNC(=NCc1ccc(OCCCN(C)C)cc1)NC1CC=CC1.I. The lowest BCUT2D eigenvalue weighted by Gasteiger charge is -2.16. The normalized spacial score (nSPS) is 14.4. The highest BCUT2D eigenvalue weighted by Crippen LogP contribution is 2.13. The van der Waals surface area contributed by atoms with Crippen molar-refractivity contribution in [3.8, 4) is 5.75 Å². The summed E-state index contributed by atoms with van der Waals surface area (Å²) in [5.74, 6) is 1.81. The molecule has 0 amide bonds. The minimum absolute atomic E-state index is 0. The number of hydrogen-bond donors (Lipinski definition) is 2. The first kappa shape index (κ1) is 22.8. The number of guanidine groups is 1. The number of hydrogen-bond acceptors (Lipinski definition) is 3. The van der Waals surface area contributed by atoms with Crippen LogP contribution in [0.25, 0.3) is 0 Å². The third-order valence-corrected chi connectivity index (χ3v) is 4.05. The lowest BCUT2D eigenvalue weighted by Crippen LogP contribution is -2.42. The van der Waals surface area contributed by atoms with Gasteiger partial charge in [0.1, 0.15) is 5.75 Å². The van der Waals surface area contributed by atoms with Gasteiger partial charge in [0.25, 0.3) is 0 Å². The van der Waals surface area contributed by atoms with Crippen LogP contribution in [0.4, 0.5) is 0 Å². The molecule has 0 saturated heterocycles. The molecule has 1 aliphatic carbocycles. The molecular formula is C20H33IN4O. The zero-order valence-electron chi connectivity index (χ0n) is 16.2. The molecule has 0 saturated carbocycles. The maximum Gasteiger partial charge on any atom is 0.191 e. The standard InChI is InChI=1S/C20H32N4O.HI/c1-4-21-20(23-18-8-5-6-9-18)22-16-17-10-12-19(13-11-17)25-15-7-14-24(2)3;/h5-6,10-13,18H,4,7-9,14-16H2,1-3H3,(H2,21,22,23);1H. The number of benzene rings is 1. The van der Waals surface area contributed by atoms with Crippen molar-refractivity contribution in [3.05, 3.63) is 42.0 Å². The van der Waals surface area contributed by atoms with Crippen LogP contribution in [-0.2, 0) is 6.54 Å². The Morgan fingerprint density at radius 3 is 2.50 bits per heavy atom. The second-order valence-electron chi connectivity index (χ2n) is 6.63. The maximum absolute atomic E-state index is 5.77. The van der Waals surface area contributed by atoms with E-state index in [0.29, 0.717) is 12.6 Å². The van der Waals surface area contributed by atoms with Crippen LogP contribution in [0, 0.1) is 0 Å². The summed E-state index contributed by atoms with van der Waals surface area (Å²) in [4.78, 5) is 6.86. The lowest BCUT2D eigenvalue weighted by molar-refractivity contribution is 0.281. The predicted octanol–water partition coefficient (Wildman–Crippen LogP) is 3.41. The van der Waals surface area contributed by atoms with Crippen molar-refractivity contribution in [3.63, 3.8) is 0 Å². The zero-order chi connectivity index (χ0) is 17.9. The van der Waals surface area contributed by atoms with Crippen molar-refractivity contribution in [1.29, 1.82) is 0 Å². The largest absolute Gasteiger partial charge is 0.494 e. The van der Waals surface area contributed by atoms with Crippen molar-refractivity contribution in [2.75, 3.05) is 33.8 Å². The highest BCUT2D eigenvalue weighted by Gasteiger charge is 2.11. The molecule has 0 spiro atoms. The van der Waals surface area contributed by atoms with Crippen molar-refractivity contribution in [1.82, 2.24) is 15.5 Å². The first-order chi connectivity index (χ1) is 12.2. The van der Waals surface area contributed by atoms with E-state index in [2.05, 4.69) is 60.8 Å². The van der Waals surface area contributed by atoms with Crippen LogP contribution in [0.15, 0.2) is 41.4 Å². The second kappa shape index (κ2) is 13.0. The van der Waals surface area contributed by atoms with E-state index < -0.39 is 0 Å². The van der Waals surface area contributed by atoms with Gasteiger partial charge in [0.15, 0.2) is 5.96 Å². The Bertz CT molecular complexity index is 549. The molecule has 0 radical (unpaired) electrons. The molecule has 0 aromatic heterocycles. The molecule has 1 aliphatic rings. The number of ether oxygens (including phenoxy) is 1. The van der Waals surface area contributed by atoms with E-state index in [1.807, 2.05) is 12.1 Å². The summed E-state index contributed by atoms with van der Waals surface area (Å²) in [5.41, 5.74) is 1.18. The van der Waals surface area contributed by atoms with Gasteiger partial charge in [-0.15, -0.1) is 24.0 Å². The van der Waals surface area contributed by atoms with Gasteiger partial charge in [0.2, 0.25) is 0 Å². The molecule has 1 aromatic rings. The number of aliphatic imine (C=N–C) groups is 1. The molecule has 0 heterocycles. The molecule has 26 heavy (non-hydrogen) atoms. The Labute approximate surface area is 175 Å². The van der Waals surface area contributed by atoms with Crippen molar-refractivity contribution in [2.45, 2.75) is 38.8 Å². The van der Waals surface area contributed by atoms with Gasteiger partial charge in [-0.25, -0.2) is 4.99 Å². The monoisotopic (exact) mass is 472 g/mol. The summed E-state index contributed by atoms with van der Waals surface area (Å²) in [7, 11) is 4.16. The Balaban J connectivity index is 0.00000338. The summed E-state index contributed by atoms with van der Waals surface area (Å²) in [6, 6.07) is 8.70. The summed E-state index contributed by atoms with van der Waals surface area (Å²) in [6.45, 7) is 5.41. The fourth-order valence-corrected chi connectivity index (χ4v) is 2.68. The van der Waals surface area contributed by atoms with E-state index in [1.54, 1.807) is 0 Å². The van der Waals surface area contributed by atoms with Gasteiger partial charge in [0, 0.05) is 19.1 Å². The first-order valence-corrected chi connectivity index (χ1v) is 9.23. The Kier molecular flexibility index (Phi) is 11.4. The van der Waals surface area contributed by atoms with E-state index in [4.69, 9.17) is 9.73 Å². The highest BCUT2D eigenvalue weighted by molar-refractivity contribution is 14.0. The van der Waals surface area contributed by atoms with Crippen molar-refractivity contribution >= 4 is 29.9 Å². The smallest absolute Gasteiger partial charge is 0.191 e. The van der Waals surface area contributed by atoms with E-state index >= 15 is 0 Å². The van der Waals surface area contributed by atoms with Crippen LogP contribution >= 0.6 is 24.0 Å². The molecule has 2 rings (SSSR count). The summed E-state index contributed by atoms with van der Waals surface area (Å²) >= 11 is 0. The van der Waals surface area contributed by atoms with Crippen LogP contribution in [0.3, 0.4) is 0 Å². The molecule has 1 aromatic carbocycles. The van der Waals surface area contributed by atoms with Gasteiger partial charge in [-0.05, 0) is 58.0 Å². The second-order valence-corrected chi connectivity index (χ2v) is 6.63. The third-order valence-electron chi connectivity index (χ3n) is 4.05. The molecular weight excluding hydrogens is 439 g/mol. The molecule has 6 heteroatoms. The molecule has 0 unspecified atom stereocenters. The van der Waals surface area contributed by atoms with Gasteiger partial charge in [-0.2, -0.15) is 0 Å².